The number of benzene rings is 1. The van der Waals surface area contributed by atoms with Crippen LogP contribution in [0.25, 0.3) is 0 Å². The van der Waals surface area contributed by atoms with Crippen LogP contribution in [-0.2, 0) is 0 Å². The molecule has 0 heterocycles. The summed E-state index contributed by atoms with van der Waals surface area (Å²) < 4.78 is 1.04. The van der Waals surface area contributed by atoms with Crippen molar-refractivity contribution in [3.8, 4) is 0 Å². The number of carbonyl (C=O) groups excluding carboxylic acids is 1. The lowest BCUT2D eigenvalue weighted by molar-refractivity contribution is 0.0750. The number of hydrogen-bond donors (Lipinski definition) is 0. The van der Waals surface area contributed by atoms with Gasteiger partial charge in [-0.3, -0.25) is 4.79 Å². The first-order chi connectivity index (χ1) is 8.70. The minimum absolute atomic E-state index is 0.182. The molecule has 1 rings (SSSR count). The average Bonchev–Trinajstić information content (AvgIpc) is 2.39. The molecule has 0 atom stereocenters. The summed E-state index contributed by atoms with van der Waals surface area (Å²) in [6.45, 7) is 6.07. The molecular weight excluding hydrogens is 337 g/mol. The molecule has 18 heavy (non-hydrogen) atoms. The number of nitrogens with zero attached hydrogens (tertiary/aromatic N) is 1. The van der Waals surface area contributed by atoms with Crippen molar-refractivity contribution in [2.75, 3.05) is 13.1 Å². The second-order valence-corrected chi connectivity index (χ2v) is 5.64. The van der Waals surface area contributed by atoms with Gasteiger partial charge in [0, 0.05) is 16.7 Å². The summed E-state index contributed by atoms with van der Waals surface area (Å²) in [4.78, 5) is 14.5. The maximum absolute atomic E-state index is 12.5. The Balaban J connectivity index is 2.77. The number of rotatable bonds is 7. The summed E-state index contributed by atoms with van der Waals surface area (Å²) in [5.74, 6) is 0.182. The van der Waals surface area contributed by atoms with Gasteiger partial charge in [-0.1, -0.05) is 38.8 Å². The van der Waals surface area contributed by atoms with E-state index in [0.29, 0.717) is 0 Å². The lowest BCUT2D eigenvalue weighted by atomic mass is 10.1. The Bertz CT molecular complexity index is 371. The highest BCUT2D eigenvalue weighted by molar-refractivity contribution is 14.1. The highest BCUT2D eigenvalue weighted by Crippen LogP contribution is 2.15. The van der Waals surface area contributed by atoms with E-state index in [0.717, 1.165) is 47.9 Å². The van der Waals surface area contributed by atoms with Gasteiger partial charge in [0.05, 0.1) is 5.56 Å². The zero-order valence-corrected chi connectivity index (χ0v) is 13.4. The highest BCUT2D eigenvalue weighted by atomic mass is 127. The van der Waals surface area contributed by atoms with Gasteiger partial charge in [-0.25, -0.2) is 0 Å². The number of halogens is 1. The normalized spacial score (nSPS) is 10.4. The van der Waals surface area contributed by atoms with Crippen molar-refractivity contribution in [3.63, 3.8) is 0 Å². The molecule has 3 heteroatoms. The molecule has 0 aliphatic rings. The molecule has 1 aromatic rings. The van der Waals surface area contributed by atoms with Crippen LogP contribution in [0.1, 0.15) is 49.9 Å². The molecule has 0 bridgehead atoms. The van der Waals surface area contributed by atoms with Gasteiger partial charge in [0.1, 0.15) is 0 Å². The molecule has 0 radical (unpaired) electrons. The zero-order valence-electron chi connectivity index (χ0n) is 11.3. The van der Waals surface area contributed by atoms with E-state index in [9.17, 15) is 4.79 Å². The van der Waals surface area contributed by atoms with Crippen molar-refractivity contribution in [1.29, 1.82) is 0 Å². The third-order valence-corrected chi connectivity index (χ3v) is 3.90. The van der Waals surface area contributed by atoms with E-state index in [4.69, 9.17) is 0 Å². The maximum atomic E-state index is 12.5. The molecule has 1 amide bonds. The SMILES string of the molecule is CCCCN(CCCC)C(=O)c1ccccc1I. The van der Waals surface area contributed by atoms with Crippen molar-refractivity contribution in [1.82, 2.24) is 4.90 Å². The van der Waals surface area contributed by atoms with Gasteiger partial charge in [-0.2, -0.15) is 0 Å². The molecule has 0 spiro atoms. The standard InChI is InChI=1S/C15H22INO/c1-3-5-11-17(12-6-4-2)15(18)13-9-7-8-10-14(13)16/h7-10H,3-6,11-12H2,1-2H3. The van der Waals surface area contributed by atoms with Crippen molar-refractivity contribution >= 4 is 28.5 Å². The fourth-order valence-electron chi connectivity index (χ4n) is 1.82. The van der Waals surface area contributed by atoms with Crippen molar-refractivity contribution < 1.29 is 4.79 Å². The van der Waals surface area contributed by atoms with Crippen LogP contribution >= 0.6 is 22.6 Å². The lowest BCUT2D eigenvalue weighted by Crippen LogP contribution is -2.33. The maximum Gasteiger partial charge on any atom is 0.254 e. The van der Waals surface area contributed by atoms with Crippen LogP contribution in [0.3, 0.4) is 0 Å². The molecule has 0 unspecified atom stereocenters. The van der Waals surface area contributed by atoms with E-state index in [1.807, 2.05) is 29.2 Å². The molecule has 1 aromatic carbocycles. The van der Waals surface area contributed by atoms with Gasteiger partial charge < -0.3 is 4.90 Å². The first-order valence-electron chi connectivity index (χ1n) is 6.74. The van der Waals surface area contributed by atoms with Gasteiger partial charge in [0.25, 0.3) is 5.91 Å². The monoisotopic (exact) mass is 359 g/mol. The Labute approximate surface area is 124 Å². The Morgan fingerprint density at radius 2 is 1.67 bits per heavy atom. The number of unbranched alkanes of at least 4 members (excludes halogenated alkanes) is 2. The topological polar surface area (TPSA) is 20.3 Å². The first-order valence-corrected chi connectivity index (χ1v) is 7.82. The van der Waals surface area contributed by atoms with Crippen LogP contribution < -0.4 is 0 Å². The summed E-state index contributed by atoms with van der Waals surface area (Å²) in [7, 11) is 0. The Kier molecular flexibility index (Phi) is 7.32. The van der Waals surface area contributed by atoms with Gasteiger partial charge >= 0.3 is 0 Å². The van der Waals surface area contributed by atoms with Crippen molar-refractivity contribution in [2.24, 2.45) is 0 Å². The van der Waals surface area contributed by atoms with E-state index in [1.165, 1.54) is 0 Å². The summed E-state index contributed by atoms with van der Waals surface area (Å²) >= 11 is 2.24. The summed E-state index contributed by atoms with van der Waals surface area (Å²) in [6.07, 6.45) is 4.42. The Hall–Kier alpha value is -0.580. The largest absolute Gasteiger partial charge is 0.339 e. The van der Waals surface area contributed by atoms with E-state index in [-0.39, 0.29) is 5.91 Å². The van der Waals surface area contributed by atoms with E-state index < -0.39 is 0 Å². The minimum Gasteiger partial charge on any atom is -0.339 e. The van der Waals surface area contributed by atoms with E-state index >= 15 is 0 Å². The predicted molar refractivity (Wildman–Crippen MR) is 84.9 cm³/mol. The zero-order chi connectivity index (χ0) is 13.4. The third-order valence-electron chi connectivity index (χ3n) is 2.95. The molecule has 0 aromatic heterocycles. The molecule has 0 aliphatic heterocycles. The van der Waals surface area contributed by atoms with Gasteiger partial charge in [-0.15, -0.1) is 0 Å². The van der Waals surface area contributed by atoms with Gasteiger partial charge in [0.15, 0.2) is 0 Å². The van der Waals surface area contributed by atoms with Crippen molar-refractivity contribution in [2.45, 2.75) is 39.5 Å². The van der Waals surface area contributed by atoms with E-state index in [1.54, 1.807) is 0 Å². The van der Waals surface area contributed by atoms with Crippen LogP contribution in [-0.4, -0.2) is 23.9 Å². The molecular formula is C15H22INO. The lowest BCUT2D eigenvalue weighted by Gasteiger charge is -2.23. The van der Waals surface area contributed by atoms with Gasteiger partial charge in [0.2, 0.25) is 0 Å². The van der Waals surface area contributed by atoms with Crippen LogP contribution in [0.4, 0.5) is 0 Å². The number of hydrogen-bond acceptors (Lipinski definition) is 1. The quantitative estimate of drug-likeness (QED) is 0.664. The summed E-state index contributed by atoms with van der Waals surface area (Å²) in [6, 6.07) is 7.83. The molecule has 0 saturated carbocycles. The molecule has 0 fully saturated rings. The third kappa shape index (κ3) is 4.59. The second-order valence-electron chi connectivity index (χ2n) is 4.48. The smallest absolute Gasteiger partial charge is 0.254 e. The van der Waals surface area contributed by atoms with Crippen LogP contribution in [0, 0.1) is 3.57 Å². The average molecular weight is 359 g/mol. The van der Waals surface area contributed by atoms with Crippen LogP contribution in [0.2, 0.25) is 0 Å². The Morgan fingerprint density at radius 1 is 1.11 bits per heavy atom. The number of carbonyl (C=O) groups is 1. The highest BCUT2D eigenvalue weighted by Gasteiger charge is 2.16. The van der Waals surface area contributed by atoms with Crippen molar-refractivity contribution in [3.05, 3.63) is 33.4 Å². The molecule has 0 N–H and O–H groups in total. The second kappa shape index (κ2) is 8.51. The van der Waals surface area contributed by atoms with E-state index in [2.05, 4.69) is 36.4 Å². The molecule has 0 aliphatic carbocycles. The predicted octanol–water partition coefficient (Wildman–Crippen LogP) is 4.33. The molecule has 100 valence electrons. The Morgan fingerprint density at radius 3 is 2.17 bits per heavy atom. The molecule has 2 nitrogen and oxygen atoms in total. The molecule has 0 saturated heterocycles. The minimum atomic E-state index is 0.182. The van der Waals surface area contributed by atoms with Gasteiger partial charge in [-0.05, 0) is 47.6 Å². The fraction of sp³-hybridized carbons (Fsp3) is 0.533. The summed E-state index contributed by atoms with van der Waals surface area (Å²) in [5.41, 5.74) is 0.838. The van der Waals surface area contributed by atoms with Crippen LogP contribution in [0.5, 0.6) is 0 Å². The van der Waals surface area contributed by atoms with Crippen LogP contribution in [0.15, 0.2) is 24.3 Å². The first kappa shape index (κ1) is 15.5. The number of amides is 1. The summed E-state index contributed by atoms with van der Waals surface area (Å²) in [5, 5.41) is 0. The fourth-order valence-corrected chi connectivity index (χ4v) is 2.44.